The van der Waals surface area contributed by atoms with Gasteiger partial charge in [-0.3, -0.25) is 0 Å². The van der Waals surface area contributed by atoms with Crippen LogP contribution in [-0.4, -0.2) is 16.1 Å². The fraction of sp³-hybridized carbons (Fsp3) is 0.111. The number of carboxylic acids is 1. The summed E-state index contributed by atoms with van der Waals surface area (Å²) < 4.78 is 4.98. The van der Waals surface area contributed by atoms with Crippen molar-refractivity contribution in [3.63, 3.8) is 0 Å². The molecular formula is C9H8N2O3. The van der Waals surface area contributed by atoms with Gasteiger partial charge in [0.2, 0.25) is 0 Å². The molecule has 5 nitrogen and oxygen atoms in total. The highest BCUT2D eigenvalue weighted by atomic mass is 16.4. The molecule has 72 valence electrons. The summed E-state index contributed by atoms with van der Waals surface area (Å²) in [7, 11) is 0. The third-order valence-electron chi connectivity index (χ3n) is 1.87. The number of rotatable bonds is 2. The van der Waals surface area contributed by atoms with Crippen LogP contribution in [0.1, 0.15) is 16.2 Å². The summed E-state index contributed by atoms with van der Waals surface area (Å²) in [5.74, 6) is -1.47. The average Bonchev–Trinajstić information content (AvgIpc) is 2.59. The molecule has 2 rings (SSSR count). The van der Waals surface area contributed by atoms with Gasteiger partial charge in [-0.05, 0) is 17.7 Å². The third kappa shape index (κ3) is 1.33. The Hall–Kier alpha value is -1.88. The second-order valence-electron chi connectivity index (χ2n) is 2.83. The molecule has 2 aromatic rings. The van der Waals surface area contributed by atoms with E-state index in [4.69, 9.17) is 15.3 Å². The van der Waals surface area contributed by atoms with Gasteiger partial charge in [0.1, 0.15) is 5.52 Å². The molecule has 0 atom stereocenters. The molecule has 0 aliphatic heterocycles. The minimum atomic E-state index is -1.17. The number of nitrogens with zero attached hydrogens (tertiary/aromatic N) is 1. The fourth-order valence-corrected chi connectivity index (χ4v) is 1.19. The van der Waals surface area contributed by atoms with Gasteiger partial charge in [-0.15, -0.1) is 0 Å². The smallest absolute Gasteiger partial charge is 0.392 e. The molecule has 3 N–H and O–H groups in total. The predicted molar refractivity (Wildman–Crippen MR) is 48.9 cm³/mol. The standard InChI is InChI=1S/C9H8N2O3/c10-4-5-1-2-7-6(3-5)11-8(14-7)9(12)13/h1-3H,4,10H2,(H,12,13). The van der Waals surface area contributed by atoms with Crippen molar-refractivity contribution in [1.82, 2.24) is 4.98 Å². The van der Waals surface area contributed by atoms with Crippen molar-refractivity contribution >= 4 is 17.1 Å². The van der Waals surface area contributed by atoms with E-state index in [-0.39, 0.29) is 5.89 Å². The summed E-state index contributed by atoms with van der Waals surface area (Å²) in [6, 6.07) is 5.15. The highest BCUT2D eigenvalue weighted by Crippen LogP contribution is 2.16. The van der Waals surface area contributed by atoms with Gasteiger partial charge in [0.05, 0.1) is 0 Å². The first-order valence-corrected chi connectivity index (χ1v) is 4.03. The Balaban J connectivity index is 2.60. The van der Waals surface area contributed by atoms with Crippen LogP contribution in [0.3, 0.4) is 0 Å². The molecule has 0 bridgehead atoms. The minimum absolute atomic E-state index is 0.297. The number of fused-ring (bicyclic) bond motifs is 1. The Morgan fingerprint density at radius 1 is 1.57 bits per heavy atom. The summed E-state index contributed by atoms with van der Waals surface area (Å²) in [5.41, 5.74) is 7.30. The summed E-state index contributed by atoms with van der Waals surface area (Å²) in [6.45, 7) is 0.394. The average molecular weight is 192 g/mol. The quantitative estimate of drug-likeness (QED) is 0.740. The number of carboxylic acid groups (broad SMARTS) is 1. The van der Waals surface area contributed by atoms with E-state index in [1.807, 2.05) is 0 Å². The van der Waals surface area contributed by atoms with E-state index in [0.29, 0.717) is 17.6 Å². The molecule has 0 radical (unpaired) electrons. The van der Waals surface area contributed by atoms with Crippen LogP contribution >= 0.6 is 0 Å². The number of aromatic carboxylic acids is 1. The van der Waals surface area contributed by atoms with Gasteiger partial charge < -0.3 is 15.3 Å². The molecule has 1 heterocycles. The second kappa shape index (κ2) is 3.12. The number of hydrogen-bond acceptors (Lipinski definition) is 4. The van der Waals surface area contributed by atoms with Gasteiger partial charge in [-0.1, -0.05) is 6.07 Å². The molecule has 0 spiro atoms. The lowest BCUT2D eigenvalue weighted by Crippen LogP contribution is -1.96. The molecule has 0 saturated carbocycles. The first kappa shape index (κ1) is 8.71. The third-order valence-corrected chi connectivity index (χ3v) is 1.87. The highest BCUT2D eigenvalue weighted by Gasteiger charge is 2.12. The van der Waals surface area contributed by atoms with Crippen molar-refractivity contribution in [2.45, 2.75) is 6.54 Å². The van der Waals surface area contributed by atoms with Crippen LogP contribution in [0.25, 0.3) is 11.1 Å². The summed E-state index contributed by atoms with van der Waals surface area (Å²) in [5, 5.41) is 8.63. The zero-order valence-electron chi connectivity index (χ0n) is 7.23. The molecule has 5 heteroatoms. The number of nitrogens with two attached hydrogens (primary N) is 1. The molecule has 1 aromatic heterocycles. The molecule has 0 saturated heterocycles. The van der Waals surface area contributed by atoms with Gasteiger partial charge in [-0.2, -0.15) is 0 Å². The Morgan fingerprint density at radius 2 is 2.36 bits per heavy atom. The number of aromatic nitrogens is 1. The maximum absolute atomic E-state index is 10.5. The van der Waals surface area contributed by atoms with Crippen LogP contribution in [-0.2, 0) is 6.54 Å². The van der Waals surface area contributed by atoms with E-state index in [0.717, 1.165) is 5.56 Å². The number of carbonyl (C=O) groups is 1. The summed E-state index contributed by atoms with van der Waals surface area (Å²) >= 11 is 0. The number of oxazole rings is 1. The predicted octanol–water partition coefficient (Wildman–Crippen LogP) is 0.985. The first-order chi connectivity index (χ1) is 6.70. The topological polar surface area (TPSA) is 89.3 Å². The van der Waals surface area contributed by atoms with Gasteiger partial charge in [0.15, 0.2) is 5.58 Å². The van der Waals surface area contributed by atoms with Gasteiger partial charge in [0.25, 0.3) is 0 Å². The van der Waals surface area contributed by atoms with Crippen molar-refractivity contribution in [2.75, 3.05) is 0 Å². The van der Waals surface area contributed by atoms with Crippen LogP contribution in [0.2, 0.25) is 0 Å². The van der Waals surface area contributed by atoms with Crippen LogP contribution in [0.15, 0.2) is 22.6 Å². The molecule has 0 aliphatic carbocycles. The van der Waals surface area contributed by atoms with Crippen molar-refractivity contribution in [1.29, 1.82) is 0 Å². The van der Waals surface area contributed by atoms with Gasteiger partial charge in [-0.25, -0.2) is 9.78 Å². The zero-order chi connectivity index (χ0) is 10.1. The van der Waals surface area contributed by atoms with Crippen LogP contribution in [0.4, 0.5) is 0 Å². The van der Waals surface area contributed by atoms with Crippen molar-refractivity contribution in [3.05, 3.63) is 29.7 Å². The Morgan fingerprint density at radius 3 is 3.00 bits per heavy atom. The van der Waals surface area contributed by atoms with E-state index in [2.05, 4.69) is 4.98 Å². The van der Waals surface area contributed by atoms with Crippen LogP contribution < -0.4 is 5.73 Å². The van der Waals surface area contributed by atoms with Crippen molar-refractivity contribution in [2.24, 2.45) is 5.73 Å². The zero-order valence-corrected chi connectivity index (χ0v) is 7.23. The van der Waals surface area contributed by atoms with E-state index in [1.165, 1.54) is 0 Å². The molecule has 14 heavy (non-hydrogen) atoms. The van der Waals surface area contributed by atoms with E-state index < -0.39 is 5.97 Å². The molecule has 0 fully saturated rings. The molecule has 0 aliphatic rings. The Kier molecular flexibility index (Phi) is 1.94. The lowest BCUT2D eigenvalue weighted by atomic mass is 10.2. The highest BCUT2D eigenvalue weighted by molar-refractivity contribution is 5.86. The lowest BCUT2D eigenvalue weighted by Gasteiger charge is -1.92. The number of benzene rings is 1. The maximum atomic E-state index is 10.5. The molecule has 1 aromatic carbocycles. The monoisotopic (exact) mass is 192 g/mol. The lowest BCUT2D eigenvalue weighted by molar-refractivity contribution is 0.0656. The summed E-state index contributed by atoms with van der Waals surface area (Å²) in [4.78, 5) is 14.3. The Labute approximate surface area is 79.2 Å². The van der Waals surface area contributed by atoms with Gasteiger partial charge in [0, 0.05) is 6.54 Å². The number of hydrogen-bond donors (Lipinski definition) is 2. The Bertz CT molecular complexity index is 490. The minimum Gasteiger partial charge on any atom is -0.474 e. The van der Waals surface area contributed by atoms with E-state index in [9.17, 15) is 4.79 Å². The normalized spacial score (nSPS) is 10.6. The molecule has 0 unspecified atom stereocenters. The summed E-state index contributed by atoms with van der Waals surface area (Å²) in [6.07, 6.45) is 0. The maximum Gasteiger partial charge on any atom is 0.392 e. The van der Waals surface area contributed by atoms with E-state index >= 15 is 0 Å². The molecular weight excluding hydrogens is 184 g/mol. The van der Waals surface area contributed by atoms with Crippen LogP contribution in [0, 0.1) is 0 Å². The largest absolute Gasteiger partial charge is 0.474 e. The fourth-order valence-electron chi connectivity index (χ4n) is 1.19. The van der Waals surface area contributed by atoms with E-state index in [1.54, 1.807) is 18.2 Å². The second-order valence-corrected chi connectivity index (χ2v) is 2.83. The SMILES string of the molecule is NCc1ccc2oc(C(=O)O)nc2c1. The first-order valence-electron chi connectivity index (χ1n) is 4.03. The molecule has 0 amide bonds. The van der Waals surface area contributed by atoms with Gasteiger partial charge >= 0.3 is 11.9 Å². The van der Waals surface area contributed by atoms with Crippen molar-refractivity contribution in [3.8, 4) is 0 Å². The van der Waals surface area contributed by atoms with Crippen LogP contribution in [0.5, 0.6) is 0 Å². The van der Waals surface area contributed by atoms with Crippen molar-refractivity contribution < 1.29 is 14.3 Å².